The van der Waals surface area contributed by atoms with E-state index in [1.54, 1.807) is 12.1 Å². The van der Waals surface area contributed by atoms with E-state index in [-0.39, 0.29) is 24.3 Å². The van der Waals surface area contributed by atoms with Gasteiger partial charge in [-0.2, -0.15) is 0 Å². The van der Waals surface area contributed by atoms with Crippen molar-refractivity contribution in [2.45, 2.75) is 43.9 Å². The van der Waals surface area contributed by atoms with Crippen molar-refractivity contribution in [1.29, 1.82) is 0 Å². The molecule has 2 atom stereocenters. The summed E-state index contributed by atoms with van der Waals surface area (Å²) in [5, 5.41) is 9.70. The largest absolute Gasteiger partial charge is 0.415 e. The second kappa shape index (κ2) is 4.61. The van der Waals surface area contributed by atoms with E-state index in [1.165, 1.54) is 0 Å². The fourth-order valence-corrected chi connectivity index (χ4v) is 3.09. The Hall–Kier alpha value is -1.55. The van der Waals surface area contributed by atoms with E-state index < -0.39 is 0 Å². The van der Waals surface area contributed by atoms with Crippen molar-refractivity contribution in [2.24, 2.45) is 0 Å². The molecule has 2 aliphatic rings. The highest BCUT2D eigenvalue weighted by Crippen LogP contribution is 2.36. The minimum absolute atomic E-state index is 0.148. The Kier molecular flexibility index (Phi) is 2.96. The molecular formula is C14H17NO3. The molecule has 4 nitrogen and oxygen atoms in total. The molecule has 0 radical (unpaired) electrons. The monoisotopic (exact) mass is 247 g/mol. The number of hydrogen-bond donors (Lipinski definition) is 1. The molecule has 1 aromatic carbocycles. The van der Waals surface area contributed by atoms with Gasteiger partial charge in [-0.15, -0.1) is 0 Å². The highest BCUT2D eigenvalue weighted by molar-refractivity contribution is 5.72. The van der Waals surface area contributed by atoms with Crippen LogP contribution >= 0.6 is 0 Å². The zero-order valence-corrected chi connectivity index (χ0v) is 10.2. The average molecular weight is 247 g/mol. The van der Waals surface area contributed by atoms with Crippen LogP contribution in [0.2, 0.25) is 0 Å². The summed E-state index contributed by atoms with van der Waals surface area (Å²) in [5.41, 5.74) is 0. The number of ether oxygens (including phenoxy) is 1. The minimum atomic E-state index is -0.277. The van der Waals surface area contributed by atoms with E-state index in [4.69, 9.17) is 4.74 Å². The number of aliphatic hydroxyl groups excluding tert-OH is 1. The SMILES string of the molecule is O=C(Oc1ccccc1)N1C2CCC1CC(O)C2. The number of piperidine rings is 1. The first-order chi connectivity index (χ1) is 8.74. The molecule has 2 bridgehead atoms. The normalized spacial score (nSPS) is 30.3. The predicted molar refractivity (Wildman–Crippen MR) is 66.4 cm³/mol. The Labute approximate surface area is 106 Å². The van der Waals surface area contributed by atoms with Crippen LogP contribution < -0.4 is 4.74 Å². The standard InChI is InChI=1S/C14H17NO3/c16-12-8-10-6-7-11(9-12)15(10)14(17)18-13-4-2-1-3-5-13/h1-5,10-12,16H,6-9H2. The lowest BCUT2D eigenvalue weighted by molar-refractivity contribution is 0.0409. The smallest absolute Gasteiger partial charge is 0.410 e. The Balaban J connectivity index is 1.70. The first-order valence-electron chi connectivity index (χ1n) is 6.47. The molecule has 4 heteroatoms. The maximum absolute atomic E-state index is 12.2. The lowest BCUT2D eigenvalue weighted by Crippen LogP contribution is -2.49. The van der Waals surface area contributed by atoms with Crippen LogP contribution in [0.4, 0.5) is 4.79 Å². The number of amides is 1. The summed E-state index contributed by atoms with van der Waals surface area (Å²) in [5.74, 6) is 0.577. The van der Waals surface area contributed by atoms with Crippen LogP contribution in [0.3, 0.4) is 0 Å². The van der Waals surface area contributed by atoms with Crippen molar-refractivity contribution in [3.63, 3.8) is 0 Å². The number of hydrogen-bond acceptors (Lipinski definition) is 3. The average Bonchev–Trinajstić information content (AvgIpc) is 2.63. The third kappa shape index (κ3) is 2.08. The van der Waals surface area contributed by atoms with Gasteiger partial charge in [0.25, 0.3) is 0 Å². The van der Waals surface area contributed by atoms with Gasteiger partial charge in [-0.05, 0) is 37.8 Å². The molecule has 2 unspecified atom stereocenters. The highest BCUT2D eigenvalue weighted by Gasteiger charge is 2.43. The molecule has 1 amide bonds. The van der Waals surface area contributed by atoms with Crippen molar-refractivity contribution in [3.05, 3.63) is 30.3 Å². The predicted octanol–water partition coefficient (Wildman–Crippen LogP) is 2.17. The third-order valence-corrected chi connectivity index (χ3v) is 3.87. The topological polar surface area (TPSA) is 49.8 Å². The van der Waals surface area contributed by atoms with E-state index >= 15 is 0 Å². The summed E-state index contributed by atoms with van der Waals surface area (Å²) in [6, 6.07) is 9.43. The van der Waals surface area contributed by atoms with Gasteiger partial charge < -0.3 is 14.7 Å². The fraction of sp³-hybridized carbons (Fsp3) is 0.500. The Bertz CT molecular complexity index is 420. The van der Waals surface area contributed by atoms with Crippen molar-refractivity contribution in [1.82, 2.24) is 4.90 Å². The molecule has 2 heterocycles. The molecular weight excluding hydrogens is 230 g/mol. The first kappa shape index (κ1) is 11.5. The van der Waals surface area contributed by atoms with Crippen LogP contribution in [0.5, 0.6) is 5.75 Å². The number of benzene rings is 1. The Morgan fingerprint density at radius 1 is 1.17 bits per heavy atom. The number of carbonyl (C=O) groups is 1. The molecule has 0 aliphatic carbocycles. The second-order valence-corrected chi connectivity index (χ2v) is 5.10. The van der Waals surface area contributed by atoms with Crippen LogP contribution in [-0.4, -0.2) is 34.3 Å². The van der Waals surface area contributed by atoms with Crippen molar-refractivity contribution in [3.8, 4) is 5.75 Å². The summed E-state index contributed by atoms with van der Waals surface area (Å²) in [7, 11) is 0. The number of fused-ring (bicyclic) bond motifs is 2. The Morgan fingerprint density at radius 2 is 1.78 bits per heavy atom. The first-order valence-corrected chi connectivity index (χ1v) is 6.47. The summed E-state index contributed by atoms with van der Waals surface area (Å²) in [4.78, 5) is 14.0. The van der Waals surface area contributed by atoms with E-state index in [0.717, 1.165) is 12.8 Å². The number of aliphatic hydroxyl groups is 1. The molecule has 18 heavy (non-hydrogen) atoms. The molecule has 96 valence electrons. The number of nitrogens with zero attached hydrogens (tertiary/aromatic N) is 1. The van der Waals surface area contributed by atoms with Gasteiger partial charge in [0.2, 0.25) is 0 Å². The third-order valence-electron chi connectivity index (χ3n) is 3.87. The Morgan fingerprint density at radius 3 is 2.39 bits per heavy atom. The van der Waals surface area contributed by atoms with Gasteiger partial charge in [0.15, 0.2) is 0 Å². The minimum Gasteiger partial charge on any atom is -0.410 e. The van der Waals surface area contributed by atoms with Crippen LogP contribution in [-0.2, 0) is 0 Å². The maximum atomic E-state index is 12.2. The van der Waals surface area contributed by atoms with Crippen molar-refractivity contribution in [2.75, 3.05) is 0 Å². The van der Waals surface area contributed by atoms with Gasteiger partial charge in [0.1, 0.15) is 5.75 Å². The molecule has 0 spiro atoms. The van der Waals surface area contributed by atoms with Gasteiger partial charge in [-0.3, -0.25) is 0 Å². The van der Waals surface area contributed by atoms with Gasteiger partial charge in [0, 0.05) is 12.1 Å². The second-order valence-electron chi connectivity index (χ2n) is 5.10. The van der Waals surface area contributed by atoms with Gasteiger partial charge in [-0.1, -0.05) is 18.2 Å². The number of rotatable bonds is 1. The lowest BCUT2D eigenvalue weighted by atomic mass is 10.0. The van der Waals surface area contributed by atoms with Gasteiger partial charge >= 0.3 is 6.09 Å². The van der Waals surface area contributed by atoms with Crippen LogP contribution in [0, 0.1) is 0 Å². The molecule has 2 aliphatic heterocycles. The van der Waals surface area contributed by atoms with Gasteiger partial charge in [0.05, 0.1) is 6.10 Å². The molecule has 2 saturated heterocycles. The van der Waals surface area contributed by atoms with Crippen molar-refractivity contribution >= 4 is 6.09 Å². The molecule has 3 rings (SSSR count). The summed E-state index contributed by atoms with van der Waals surface area (Å²) >= 11 is 0. The highest BCUT2D eigenvalue weighted by atomic mass is 16.6. The summed E-state index contributed by atoms with van der Waals surface area (Å²) < 4.78 is 5.38. The zero-order chi connectivity index (χ0) is 12.5. The zero-order valence-electron chi connectivity index (χ0n) is 10.2. The summed E-state index contributed by atoms with van der Waals surface area (Å²) in [6.07, 6.45) is 2.78. The quantitative estimate of drug-likeness (QED) is 0.827. The number of para-hydroxylation sites is 1. The maximum Gasteiger partial charge on any atom is 0.415 e. The molecule has 0 saturated carbocycles. The number of carbonyl (C=O) groups excluding carboxylic acids is 1. The molecule has 1 N–H and O–H groups in total. The van der Waals surface area contributed by atoms with E-state index in [1.807, 2.05) is 23.1 Å². The lowest BCUT2D eigenvalue weighted by Gasteiger charge is -2.36. The van der Waals surface area contributed by atoms with Gasteiger partial charge in [-0.25, -0.2) is 4.79 Å². The van der Waals surface area contributed by atoms with Crippen LogP contribution in [0.25, 0.3) is 0 Å². The van der Waals surface area contributed by atoms with E-state index in [2.05, 4.69) is 0 Å². The molecule has 2 fully saturated rings. The van der Waals surface area contributed by atoms with Crippen LogP contribution in [0.15, 0.2) is 30.3 Å². The van der Waals surface area contributed by atoms with Crippen LogP contribution in [0.1, 0.15) is 25.7 Å². The fourth-order valence-electron chi connectivity index (χ4n) is 3.09. The molecule has 1 aromatic rings. The molecule has 0 aromatic heterocycles. The summed E-state index contributed by atoms with van der Waals surface area (Å²) in [6.45, 7) is 0. The van der Waals surface area contributed by atoms with E-state index in [9.17, 15) is 9.90 Å². The van der Waals surface area contributed by atoms with E-state index in [0.29, 0.717) is 18.6 Å². The van der Waals surface area contributed by atoms with Crippen molar-refractivity contribution < 1.29 is 14.6 Å².